The average Bonchev–Trinajstić information content (AvgIpc) is 3.24. The smallest absolute Gasteiger partial charge is 0.266 e. The Morgan fingerprint density at radius 3 is 2.33 bits per heavy atom. The standard InChI is InChI=1S/C25H24N2O3/c1-16(2)15-21-22-23(30-27(21)18-11-4-3-5-12-18)25(29)26(24(22)28)20-14-8-10-17-9-6-7-13-19(17)20/h3-14,16,21-23H,15H2,1-2H3/t21-,22+,23-/m0/s1. The van der Waals surface area contributed by atoms with Gasteiger partial charge in [-0.15, -0.1) is 0 Å². The summed E-state index contributed by atoms with van der Waals surface area (Å²) in [7, 11) is 0. The topological polar surface area (TPSA) is 49.9 Å². The molecule has 3 aromatic carbocycles. The van der Waals surface area contributed by atoms with Crippen LogP contribution in [0.15, 0.2) is 72.8 Å². The van der Waals surface area contributed by atoms with E-state index in [1.54, 1.807) is 5.06 Å². The normalized spacial score (nSPS) is 23.6. The van der Waals surface area contributed by atoms with Crippen LogP contribution in [-0.2, 0) is 14.4 Å². The lowest BCUT2D eigenvalue weighted by Gasteiger charge is -2.29. The molecule has 3 atom stereocenters. The molecule has 2 aliphatic rings. The van der Waals surface area contributed by atoms with Gasteiger partial charge in [0.25, 0.3) is 5.91 Å². The molecule has 3 aromatic rings. The van der Waals surface area contributed by atoms with Gasteiger partial charge in [-0.3, -0.25) is 14.4 Å². The number of hydroxylamine groups is 1. The lowest BCUT2D eigenvalue weighted by atomic mass is 9.90. The number of rotatable bonds is 4. The number of anilines is 2. The van der Waals surface area contributed by atoms with Crippen LogP contribution in [-0.4, -0.2) is 24.0 Å². The maximum atomic E-state index is 13.6. The summed E-state index contributed by atoms with van der Waals surface area (Å²) >= 11 is 0. The summed E-state index contributed by atoms with van der Waals surface area (Å²) in [5, 5.41) is 3.67. The molecule has 0 spiro atoms. The Morgan fingerprint density at radius 2 is 1.57 bits per heavy atom. The first kappa shape index (κ1) is 18.8. The van der Waals surface area contributed by atoms with E-state index in [0.29, 0.717) is 11.6 Å². The van der Waals surface area contributed by atoms with E-state index in [9.17, 15) is 9.59 Å². The molecule has 2 heterocycles. The average molecular weight is 400 g/mol. The molecule has 2 amide bonds. The first-order chi connectivity index (χ1) is 14.6. The molecular weight excluding hydrogens is 376 g/mol. The van der Waals surface area contributed by atoms with Crippen LogP contribution in [0.4, 0.5) is 11.4 Å². The number of amides is 2. The van der Waals surface area contributed by atoms with Crippen LogP contribution in [0, 0.1) is 11.8 Å². The summed E-state index contributed by atoms with van der Waals surface area (Å²) in [6, 6.07) is 23.0. The molecule has 0 saturated carbocycles. The molecule has 0 unspecified atom stereocenters. The van der Waals surface area contributed by atoms with E-state index >= 15 is 0 Å². The minimum atomic E-state index is -0.791. The maximum Gasteiger partial charge on any atom is 0.266 e. The monoisotopic (exact) mass is 400 g/mol. The van der Waals surface area contributed by atoms with Gasteiger partial charge < -0.3 is 0 Å². The molecule has 2 fully saturated rings. The quantitative estimate of drug-likeness (QED) is 0.602. The molecule has 0 radical (unpaired) electrons. The Balaban J connectivity index is 1.55. The van der Waals surface area contributed by atoms with Crippen molar-refractivity contribution in [2.45, 2.75) is 32.4 Å². The number of hydrogen-bond acceptors (Lipinski definition) is 4. The Kier molecular flexibility index (Phi) is 4.55. The van der Waals surface area contributed by atoms with E-state index in [1.807, 2.05) is 72.8 Å². The summed E-state index contributed by atoms with van der Waals surface area (Å²) in [5.41, 5.74) is 1.51. The van der Waals surface area contributed by atoms with Crippen molar-refractivity contribution in [1.29, 1.82) is 0 Å². The van der Waals surface area contributed by atoms with Gasteiger partial charge in [0.1, 0.15) is 0 Å². The number of fused-ring (bicyclic) bond motifs is 2. The fourth-order valence-corrected chi connectivity index (χ4v) is 4.68. The third-order valence-electron chi connectivity index (χ3n) is 5.97. The van der Waals surface area contributed by atoms with E-state index in [1.165, 1.54) is 4.90 Å². The van der Waals surface area contributed by atoms with Gasteiger partial charge in [-0.2, -0.15) is 0 Å². The first-order valence-electron chi connectivity index (χ1n) is 10.4. The molecule has 0 aromatic heterocycles. The molecule has 152 valence electrons. The van der Waals surface area contributed by atoms with Crippen molar-refractivity contribution in [3.63, 3.8) is 0 Å². The number of para-hydroxylation sites is 1. The van der Waals surface area contributed by atoms with E-state index in [4.69, 9.17) is 4.84 Å². The highest BCUT2D eigenvalue weighted by Gasteiger charge is 2.59. The predicted octanol–water partition coefficient (Wildman–Crippen LogP) is 4.56. The second-order valence-corrected chi connectivity index (χ2v) is 8.42. The molecule has 2 aliphatic heterocycles. The van der Waals surface area contributed by atoms with Crippen molar-refractivity contribution >= 4 is 34.0 Å². The molecule has 0 bridgehead atoms. The second-order valence-electron chi connectivity index (χ2n) is 8.42. The molecule has 2 saturated heterocycles. The Bertz CT molecular complexity index is 1110. The van der Waals surface area contributed by atoms with Crippen LogP contribution in [0.25, 0.3) is 10.8 Å². The van der Waals surface area contributed by atoms with Crippen LogP contribution in [0.5, 0.6) is 0 Å². The summed E-state index contributed by atoms with van der Waals surface area (Å²) in [4.78, 5) is 34.5. The molecule has 0 N–H and O–H groups in total. The minimum Gasteiger partial charge on any atom is -0.273 e. The van der Waals surface area contributed by atoms with Crippen LogP contribution >= 0.6 is 0 Å². The molecular formula is C25H24N2O3. The third-order valence-corrected chi connectivity index (χ3v) is 5.97. The summed E-state index contributed by atoms with van der Waals surface area (Å²) in [5.74, 6) is -0.615. The number of benzene rings is 3. The fourth-order valence-electron chi connectivity index (χ4n) is 4.68. The fraction of sp³-hybridized carbons (Fsp3) is 0.280. The molecule has 5 heteroatoms. The number of carbonyl (C=O) groups is 2. The molecule has 30 heavy (non-hydrogen) atoms. The molecule has 0 aliphatic carbocycles. The van der Waals surface area contributed by atoms with Gasteiger partial charge in [0.15, 0.2) is 6.10 Å². The zero-order valence-electron chi connectivity index (χ0n) is 17.1. The van der Waals surface area contributed by atoms with Gasteiger partial charge in [0, 0.05) is 5.39 Å². The predicted molar refractivity (Wildman–Crippen MR) is 117 cm³/mol. The number of imide groups is 1. The van der Waals surface area contributed by atoms with Crippen LogP contribution in [0.2, 0.25) is 0 Å². The van der Waals surface area contributed by atoms with Crippen LogP contribution in [0.1, 0.15) is 20.3 Å². The van der Waals surface area contributed by atoms with Crippen molar-refractivity contribution in [2.75, 3.05) is 9.96 Å². The third kappa shape index (κ3) is 2.89. The highest BCUT2D eigenvalue weighted by Crippen LogP contribution is 2.43. The van der Waals surface area contributed by atoms with Gasteiger partial charge in [-0.05, 0) is 35.9 Å². The first-order valence-corrected chi connectivity index (χ1v) is 10.4. The summed E-state index contributed by atoms with van der Waals surface area (Å²) in [6.45, 7) is 4.25. The lowest BCUT2D eigenvalue weighted by Crippen LogP contribution is -2.41. The SMILES string of the molecule is CC(C)C[C@H]1[C@H]2C(=O)N(c3cccc4ccccc34)C(=O)[C@H]2ON1c1ccccc1. The van der Waals surface area contributed by atoms with Crippen LogP contribution < -0.4 is 9.96 Å². The van der Waals surface area contributed by atoms with Crippen molar-refractivity contribution < 1.29 is 14.4 Å². The zero-order chi connectivity index (χ0) is 20.8. The van der Waals surface area contributed by atoms with Gasteiger partial charge in [0.2, 0.25) is 5.91 Å². The minimum absolute atomic E-state index is 0.176. The lowest BCUT2D eigenvalue weighted by molar-refractivity contribution is -0.126. The summed E-state index contributed by atoms with van der Waals surface area (Å²) < 4.78 is 0. The summed E-state index contributed by atoms with van der Waals surface area (Å²) in [6.07, 6.45) is -0.0289. The van der Waals surface area contributed by atoms with Crippen molar-refractivity contribution in [1.82, 2.24) is 0 Å². The number of nitrogens with zero attached hydrogens (tertiary/aromatic N) is 2. The molecule has 5 rings (SSSR count). The van der Waals surface area contributed by atoms with E-state index in [2.05, 4.69) is 13.8 Å². The Hall–Kier alpha value is -3.18. The highest BCUT2D eigenvalue weighted by molar-refractivity contribution is 6.26. The molecule has 5 nitrogen and oxygen atoms in total. The zero-order valence-corrected chi connectivity index (χ0v) is 17.1. The van der Waals surface area contributed by atoms with Gasteiger partial charge in [-0.1, -0.05) is 68.4 Å². The van der Waals surface area contributed by atoms with Crippen molar-refractivity contribution in [2.24, 2.45) is 11.8 Å². The highest BCUT2D eigenvalue weighted by atomic mass is 16.7. The van der Waals surface area contributed by atoms with E-state index in [0.717, 1.165) is 22.9 Å². The Labute approximate surface area is 175 Å². The number of hydrogen-bond donors (Lipinski definition) is 0. The van der Waals surface area contributed by atoms with Gasteiger partial charge in [-0.25, -0.2) is 9.96 Å². The Morgan fingerprint density at radius 1 is 0.867 bits per heavy atom. The van der Waals surface area contributed by atoms with Gasteiger partial charge >= 0.3 is 0 Å². The van der Waals surface area contributed by atoms with E-state index < -0.39 is 12.0 Å². The van der Waals surface area contributed by atoms with Crippen molar-refractivity contribution in [3.05, 3.63) is 72.8 Å². The van der Waals surface area contributed by atoms with E-state index in [-0.39, 0.29) is 17.9 Å². The van der Waals surface area contributed by atoms with Crippen LogP contribution in [0.3, 0.4) is 0 Å². The largest absolute Gasteiger partial charge is 0.273 e. The second kappa shape index (κ2) is 7.26. The maximum absolute atomic E-state index is 13.6. The van der Waals surface area contributed by atoms with Crippen molar-refractivity contribution in [3.8, 4) is 0 Å². The number of carbonyl (C=O) groups excluding carboxylic acids is 2. The van der Waals surface area contributed by atoms with Gasteiger partial charge in [0.05, 0.1) is 23.3 Å².